The van der Waals surface area contributed by atoms with Crippen molar-refractivity contribution in [1.82, 2.24) is 15.2 Å². The summed E-state index contributed by atoms with van der Waals surface area (Å²) in [6.45, 7) is 0. The fourth-order valence-electron chi connectivity index (χ4n) is 1.32. The predicted molar refractivity (Wildman–Crippen MR) is 60.0 cm³/mol. The first-order chi connectivity index (χ1) is 7.70. The monoisotopic (exact) mass is 217 g/mol. The van der Waals surface area contributed by atoms with E-state index < -0.39 is 0 Å². The number of aromatic amines is 1. The number of anilines is 2. The molecule has 0 unspecified atom stereocenters. The molecule has 6 nitrogen and oxygen atoms in total. The third kappa shape index (κ3) is 1.72. The van der Waals surface area contributed by atoms with Gasteiger partial charge in [-0.25, -0.2) is 0 Å². The fourth-order valence-corrected chi connectivity index (χ4v) is 1.32. The number of nitrogens with one attached hydrogen (secondary N) is 1. The van der Waals surface area contributed by atoms with E-state index in [0.717, 1.165) is 0 Å². The summed E-state index contributed by atoms with van der Waals surface area (Å²) in [4.78, 5) is 17.4. The van der Waals surface area contributed by atoms with Gasteiger partial charge in [-0.2, -0.15) is 5.10 Å². The van der Waals surface area contributed by atoms with Gasteiger partial charge in [0.05, 0.1) is 18.1 Å². The van der Waals surface area contributed by atoms with Gasteiger partial charge in [0.2, 0.25) is 0 Å². The summed E-state index contributed by atoms with van der Waals surface area (Å²) in [7, 11) is 1.66. The average molecular weight is 217 g/mol. The van der Waals surface area contributed by atoms with Crippen LogP contribution in [0.1, 0.15) is 10.4 Å². The Morgan fingerprint density at radius 3 is 2.88 bits per heavy atom. The molecule has 0 aliphatic rings. The number of amides is 1. The number of pyridine rings is 1. The molecule has 2 aromatic heterocycles. The van der Waals surface area contributed by atoms with Gasteiger partial charge in [0.1, 0.15) is 11.4 Å². The minimum atomic E-state index is -0.223. The van der Waals surface area contributed by atoms with Crippen LogP contribution in [0.3, 0.4) is 0 Å². The van der Waals surface area contributed by atoms with Gasteiger partial charge >= 0.3 is 0 Å². The zero-order valence-corrected chi connectivity index (χ0v) is 8.71. The summed E-state index contributed by atoms with van der Waals surface area (Å²) in [6.07, 6.45) is 4.66. The lowest BCUT2D eigenvalue weighted by Crippen LogP contribution is -2.26. The molecule has 3 N–H and O–H groups in total. The zero-order valence-electron chi connectivity index (χ0n) is 8.71. The van der Waals surface area contributed by atoms with E-state index in [1.807, 2.05) is 0 Å². The van der Waals surface area contributed by atoms with Crippen LogP contribution in [0.5, 0.6) is 0 Å². The Balaban J connectivity index is 2.27. The minimum Gasteiger partial charge on any atom is -0.383 e. The lowest BCUT2D eigenvalue weighted by Gasteiger charge is -2.15. The second-order valence-electron chi connectivity index (χ2n) is 3.27. The molecule has 0 fully saturated rings. The van der Waals surface area contributed by atoms with Crippen LogP contribution in [0.2, 0.25) is 0 Å². The van der Waals surface area contributed by atoms with E-state index in [2.05, 4.69) is 15.2 Å². The van der Waals surface area contributed by atoms with E-state index in [-0.39, 0.29) is 11.7 Å². The van der Waals surface area contributed by atoms with Crippen molar-refractivity contribution in [2.24, 2.45) is 0 Å². The van der Waals surface area contributed by atoms with Crippen molar-refractivity contribution >= 4 is 17.4 Å². The summed E-state index contributed by atoms with van der Waals surface area (Å²) in [5.74, 6) is 0.0417. The summed E-state index contributed by atoms with van der Waals surface area (Å²) in [6, 6.07) is 3.55. The van der Waals surface area contributed by atoms with Crippen LogP contribution in [-0.2, 0) is 0 Å². The van der Waals surface area contributed by atoms with Crippen molar-refractivity contribution in [2.45, 2.75) is 0 Å². The SMILES string of the molecule is CN(C(=O)c1cn[nH]c1N)c1cccnc1. The Morgan fingerprint density at radius 1 is 1.50 bits per heavy atom. The first-order valence-electron chi connectivity index (χ1n) is 4.67. The molecule has 82 valence electrons. The van der Waals surface area contributed by atoms with Crippen molar-refractivity contribution in [3.63, 3.8) is 0 Å². The third-order valence-electron chi connectivity index (χ3n) is 2.24. The van der Waals surface area contributed by atoms with Gasteiger partial charge in [0, 0.05) is 13.2 Å². The highest BCUT2D eigenvalue weighted by atomic mass is 16.2. The Morgan fingerprint density at radius 2 is 2.31 bits per heavy atom. The zero-order chi connectivity index (χ0) is 11.5. The summed E-state index contributed by atoms with van der Waals surface area (Å²) < 4.78 is 0. The molecule has 2 rings (SSSR count). The van der Waals surface area contributed by atoms with E-state index in [0.29, 0.717) is 11.3 Å². The summed E-state index contributed by atoms with van der Waals surface area (Å²) >= 11 is 0. The van der Waals surface area contributed by atoms with Gasteiger partial charge in [-0.3, -0.25) is 14.9 Å². The summed E-state index contributed by atoms with van der Waals surface area (Å²) in [5, 5.41) is 6.23. The number of hydrogen-bond acceptors (Lipinski definition) is 4. The number of rotatable bonds is 2. The fraction of sp³-hybridized carbons (Fsp3) is 0.100. The largest absolute Gasteiger partial charge is 0.383 e. The van der Waals surface area contributed by atoms with Gasteiger partial charge in [-0.05, 0) is 12.1 Å². The molecule has 0 aliphatic carbocycles. The highest BCUT2D eigenvalue weighted by Gasteiger charge is 2.17. The highest BCUT2D eigenvalue weighted by molar-refractivity contribution is 6.08. The second-order valence-corrected chi connectivity index (χ2v) is 3.27. The number of H-pyrrole nitrogens is 1. The number of carbonyl (C=O) groups excluding carboxylic acids is 1. The van der Waals surface area contributed by atoms with Crippen LogP contribution in [0.4, 0.5) is 11.5 Å². The standard InChI is InChI=1S/C10H11N5O/c1-15(7-3-2-4-12-5-7)10(16)8-6-13-14-9(8)11/h2-6H,1H3,(H3,11,13,14). The molecule has 0 aliphatic heterocycles. The Kier molecular flexibility index (Phi) is 2.55. The molecule has 2 heterocycles. The molecule has 0 saturated heterocycles. The van der Waals surface area contributed by atoms with E-state index in [1.54, 1.807) is 31.6 Å². The van der Waals surface area contributed by atoms with E-state index in [4.69, 9.17) is 5.73 Å². The molecule has 6 heteroatoms. The molecule has 1 amide bonds. The predicted octanol–water partition coefficient (Wildman–Crippen LogP) is 0.663. The van der Waals surface area contributed by atoms with E-state index >= 15 is 0 Å². The van der Waals surface area contributed by atoms with Crippen molar-refractivity contribution in [2.75, 3.05) is 17.7 Å². The molecule has 0 aromatic carbocycles. The number of hydrogen-bond donors (Lipinski definition) is 2. The first-order valence-corrected chi connectivity index (χ1v) is 4.67. The Hall–Kier alpha value is -2.37. The first kappa shape index (κ1) is 10.2. The quantitative estimate of drug-likeness (QED) is 0.773. The van der Waals surface area contributed by atoms with Gasteiger partial charge in [-0.1, -0.05) is 0 Å². The molecule has 0 radical (unpaired) electrons. The van der Waals surface area contributed by atoms with Crippen molar-refractivity contribution < 1.29 is 4.79 Å². The minimum absolute atomic E-state index is 0.223. The molecule has 0 atom stereocenters. The van der Waals surface area contributed by atoms with E-state index in [9.17, 15) is 4.79 Å². The number of nitrogens with zero attached hydrogens (tertiary/aromatic N) is 3. The molecule has 2 aromatic rings. The molecule has 16 heavy (non-hydrogen) atoms. The molecule has 0 saturated carbocycles. The highest BCUT2D eigenvalue weighted by Crippen LogP contribution is 2.15. The lowest BCUT2D eigenvalue weighted by atomic mass is 10.2. The smallest absolute Gasteiger partial charge is 0.263 e. The normalized spacial score (nSPS) is 10.1. The maximum absolute atomic E-state index is 12.0. The van der Waals surface area contributed by atoms with Crippen LogP contribution >= 0.6 is 0 Å². The average Bonchev–Trinajstić information content (AvgIpc) is 2.75. The van der Waals surface area contributed by atoms with Crippen molar-refractivity contribution in [1.29, 1.82) is 0 Å². The molecule has 0 bridgehead atoms. The molecular weight excluding hydrogens is 206 g/mol. The number of nitrogens with two attached hydrogens (primary N) is 1. The Labute approximate surface area is 92.1 Å². The van der Waals surface area contributed by atoms with Crippen molar-refractivity contribution in [3.05, 3.63) is 36.3 Å². The van der Waals surface area contributed by atoms with Gasteiger partial charge < -0.3 is 10.6 Å². The van der Waals surface area contributed by atoms with Gasteiger partial charge in [-0.15, -0.1) is 0 Å². The van der Waals surface area contributed by atoms with E-state index in [1.165, 1.54) is 11.1 Å². The van der Waals surface area contributed by atoms with Gasteiger partial charge in [0.15, 0.2) is 0 Å². The van der Waals surface area contributed by atoms with Crippen LogP contribution < -0.4 is 10.6 Å². The van der Waals surface area contributed by atoms with Crippen molar-refractivity contribution in [3.8, 4) is 0 Å². The lowest BCUT2D eigenvalue weighted by molar-refractivity contribution is 0.0994. The number of nitrogen functional groups attached to an aromatic ring is 1. The second kappa shape index (κ2) is 4.01. The number of carbonyl (C=O) groups is 1. The van der Waals surface area contributed by atoms with Crippen LogP contribution in [0.15, 0.2) is 30.7 Å². The number of aromatic nitrogens is 3. The topological polar surface area (TPSA) is 87.9 Å². The summed E-state index contributed by atoms with van der Waals surface area (Å²) in [5.41, 5.74) is 6.63. The molecule has 0 spiro atoms. The molecular formula is C10H11N5O. The Bertz CT molecular complexity index is 493. The van der Waals surface area contributed by atoms with Crippen LogP contribution in [0.25, 0.3) is 0 Å². The maximum Gasteiger partial charge on any atom is 0.263 e. The van der Waals surface area contributed by atoms with Crippen LogP contribution in [0, 0.1) is 0 Å². The van der Waals surface area contributed by atoms with Crippen LogP contribution in [-0.4, -0.2) is 28.1 Å². The maximum atomic E-state index is 12.0. The van der Waals surface area contributed by atoms with Gasteiger partial charge in [0.25, 0.3) is 5.91 Å². The third-order valence-corrected chi connectivity index (χ3v) is 2.24.